The standard InChI is InChI=1S/C27H26N2OS.C23H21NO2S2.C12H15BrN2O/c1-19(20-7-9-21(10-8-20)27(30)29-15-13-28(2)14-16-29)22-11-12-26-24(17-22)18-23-5-3-4-6-25(23)31-26;1-16-7-10-21(11-8-16)28(25,26)15-24-17(2)18-9-12-23-20(13-18)14-19-5-3-4-6-22(19)27-23;1-14-6-8-15(9-7-14)12(16)10-2-4-11(13)5-3-10/h3-12,17H,1,13-16,18H2,2H3;3-13H,14-15H2,1-2H3;2-5H,6-9H2,1H3. The third-order valence-corrected chi connectivity index (χ3v) is 18.5. The average Bonchev–Trinajstić information content (AvgIpc) is 3.43. The molecule has 0 radical (unpaired) electrons. The molecule has 2 fully saturated rings. The van der Waals surface area contributed by atoms with Crippen LogP contribution in [0, 0.1) is 6.92 Å². The number of fused-ring (bicyclic) bond motifs is 4. The number of hydrogen-bond acceptors (Lipinski definition) is 9. The van der Waals surface area contributed by atoms with Gasteiger partial charge < -0.3 is 19.6 Å². The maximum atomic E-state index is 12.8. The number of benzene rings is 7. The SMILES string of the molecule is C=C(c1ccc(C(=O)N2CCN(C)CC2)cc1)c1ccc2c(c1)Cc1ccccc1S2.CC(=NCS(=O)(=O)c1ccc(C)cc1)c1ccc2c(c1)Cc1ccccc1S2.CN1CCN(C(=O)c2ccc(Br)cc2)CC1. The minimum absolute atomic E-state index is 0.120. The van der Waals surface area contributed by atoms with Crippen molar-refractivity contribution in [3.05, 3.63) is 224 Å². The highest BCUT2D eigenvalue weighted by molar-refractivity contribution is 9.10. The Labute approximate surface area is 459 Å². The van der Waals surface area contributed by atoms with E-state index >= 15 is 0 Å². The van der Waals surface area contributed by atoms with Crippen molar-refractivity contribution >= 4 is 72.4 Å². The zero-order chi connectivity index (χ0) is 52.6. The Kier molecular flexibility index (Phi) is 17.4. The Morgan fingerprint density at radius 3 is 1.45 bits per heavy atom. The van der Waals surface area contributed by atoms with Crippen LogP contribution in [0.4, 0.5) is 0 Å². The quantitative estimate of drug-likeness (QED) is 0.139. The van der Waals surface area contributed by atoms with Crippen molar-refractivity contribution in [1.29, 1.82) is 0 Å². The van der Waals surface area contributed by atoms with Gasteiger partial charge in [-0.25, -0.2) is 8.42 Å². The molecule has 2 saturated heterocycles. The van der Waals surface area contributed by atoms with Gasteiger partial charge in [-0.2, -0.15) is 0 Å². The first-order chi connectivity index (χ1) is 36.2. The lowest BCUT2D eigenvalue weighted by atomic mass is 9.95. The van der Waals surface area contributed by atoms with Crippen molar-refractivity contribution in [2.75, 3.05) is 72.3 Å². The fraction of sp³-hybridized carbons (Fsp3) is 0.242. The zero-order valence-electron chi connectivity index (χ0n) is 43.0. The van der Waals surface area contributed by atoms with E-state index in [0.717, 1.165) is 114 Å². The van der Waals surface area contributed by atoms with E-state index in [1.807, 2.05) is 102 Å². The molecule has 0 saturated carbocycles. The summed E-state index contributed by atoms with van der Waals surface area (Å²) >= 11 is 6.99. The van der Waals surface area contributed by atoms with Gasteiger partial charge in [-0.15, -0.1) is 0 Å². The highest BCUT2D eigenvalue weighted by Crippen LogP contribution is 2.41. The van der Waals surface area contributed by atoms with Crippen LogP contribution in [-0.4, -0.2) is 118 Å². The predicted molar refractivity (Wildman–Crippen MR) is 311 cm³/mol. The largest absolute Gasteiger partial charge is 0.336 e. The highest BCUT2D eigenvalue weighted by Gasteiger charge is 2.23. The number of amides is 2. The molecule has 0 spiro atoms. The maximum Gasteiger partial charge on any atom is 0.253 e. The van der Waals surface area contributed by atoms with Gasteiger partial charge in [-0.05, 0) is 170 Å². The lowest BCUT2D eigenvalue weighted by molar-refractivity contribution is 0.0657. The molecule has 0 aliphatic carbocycles. The monoisotopic (exact) mass is 1120 g/mol. The second kappa shape index (κ2) is 24.3. The Hall–Kier alpha value is -6.06. The summed E-state index contributed by atoms with van der Waals surface area (Å²) in [6.45, 7) is 15.2. The number of sulfone groups is 1. The number of carbonyl (C=O) groups excluding carboxylic acids is 2. The van der Waals surface area contributed by atoms with Crippen LogP contribution in [0.5, 0.6) is 0 Å². The lowest BCUT2D eigenvalue weighted by Gasteiger charge is -2.32. The third-order valence-electron chi connectivity index (χ3n) is 14.0. The molecule has 13 heteroatoms. The van der Waals surface area contributed by atoms with Crippen LogP contribution in [0.3, 0.4) is 0 Å². The van der Waals surface area contributed by atoms with E-state index in [9.17, 15) is 18.0 Å². The first-order valence-corrected chi connectivity index (χ1v) is 29.3. The average molecular weight is 1120 g/mol. The van der Waals surface area contributed by atoms with Crippen molar-refractivity contribution in [3.8, 4) is 0 Å². The van der Waals surface area contributed by atoms with Gasteiger partial charge in [-0.3, -0.25) is 14.6 Å². The predicted octanol–water partition coefficient (Wildman–Crippen LogP) is 12.3. The molecule has 0 unspecified atom stereocenters. The number of carbonyl (C=O) groups is 2. The van der Waals surface area contributed by atoms with Gasteiger partial charge in [0.15, 0.2) is 9.84 Å². The number of piperazine rings is 2. The number of aryl methyl sites for hydroxylation is 1. The molecule has 4 heterocycles. The van der Waals surface area contributed by atoms with Gasteiger partial charge in [0.1, 0.15) is 5.88 Å². The molecule has 9 nitrogen and oxygen atoms in total. The summed E-state index contributed by atoms with van der Waals surface area (Å²) in [5.41, 5.74) is 12.8. The second-order valence-corrected chi connectivity index (χ2v) is 24.5. The second-order valence-electron chi connectivity index (χ2n) is 19.5. The van der Waals surface area contributed by atoms with E-state index in [2.05, 4.69) is 130 Å². The van der Waals surface area contributed by atoms with Gasteiger partial charge >= 0.3 is 0 Å². The lowest BCUT2D eigenvalue weighted by Crippen LogP contribution is -2.47. The number of rotatable bonds is 8. The summed E-state index contributed by atoms with van der Waals surface area (Å²) in [4.78, 5) is 43.2. The molecule has 384 valence electrons. The summed E-state index contributed by atoms with van der Waals surface area (Å²) in [6.07, 6.45) is 1.85. The van der Waals surface area contributed by atoms with Crippen LogP contribution in [0.2, 0.25) is 0 Å². The van der Waals surface area contributed by atoms with Crippen molar-refractivity contribution in [3.63, 3.8) is 0 Å². The Morgan fingerprint density at radius 2 is 0.947 bits per heavy atom. The van der Waals surface area contributed by atoms with E-state index in [4.69, 9.17) is 0 Å². The minimum atomic E-state index is -3.43. The van der Waals surface area contributed by atoms with E-state index in [1.165, 1.54) is 41.8 Å². The molecular formula is C62H62BrN5O4S3. The molecule has 11 rings (SSSR count). The molecule has 4 aliphatic rings. The number of likely N-dealkylation sites (N-methyl/N-ethyl adjacent to an activating group) is 2. The van der Waals surface area contributed by atoms with Crippen molar-refractivity contribution in [2.24, 2.45) is 4.99 Å². The third kappa shape index (κ3) is 13.5. The molecule has 2 amide bonds. The Bertz CT molecular complexity index is 3350. The number of nitrogens with zero attached hydrogens (tertiary/aromatic N) is 5. The van der Waals surface area contributed by atoms with Crippen molar-refractivity contribution in [1.82, 2.24) is 19.6 Å². The molecule has 0 aromatic heterocycles. The smallest absolute Gasteiger partial charge is 0.253 e. The molecule has 0 N–H and O–H groups in total. The summed E-state index contributed by atoms with van der Waals surface area (Å²) < 4.78 is 26.1. The molecule has 0 atom stereocenters. The Morgan fingerprint density at radius 1 is 0.533 bits per heavy atom. The molecule has 7 aromatic carbocycles. The van der Waals surface area contributed by atoms with E-state index in [1.54, 1.807) is 23.9 Å². The summed E-state index contributed by atoms with van der Waals surface area (Å²) in [5, 5.41) is 0. The first kappa shape index (κ1) is 53.8. The van der Waals surface area contributed by atoms with Gasteiger partial charge in [0, 0.05) is 93.3 Å². The molecule has 7 aromatic rings. The fourth-order valence-electron chi connectivity index (χ4n) is 9.24. The van der Waals surface area contributed by atoms with Crippen LogP contribution >= 0.6 is 39.5 Å². The van der Waals surface area contributed by atoms with Gasteiger partial charge in [0.2, 0.25) is 0 Å². The molecular weight excluding hydrogens is 1050 g/mol. The number of hydrogen-bond donors (Lipinski definition) is 0. The topological polar surface area (TPSA) is 93.6 Å². The summed E-state index contributed by atoms with van der Waals surface area (Å²) in [6, 6.07) is 52.3. The van der Waals surface area contributed by atoms with E-state index in [-0.39, 0.29) is 17.7 Å². The molecule has 4 aliphatic heterocycles. The van der Waals surface area contributed by atoms with Crippen LogP contribution in [0.15, 0.2) is 198 Å². The van der Waals surface area contributed by atoms with Gasteiger partial charge in [-0.1, -0.05) is 124 Å². The van der Waals surface area contributed by atoms with E-state index < -0.39 is 9.84 Å². The summed E-state index contributed by atoms with van der Waals surface area (Å²) in [5.74, 6) is 0.0200. The van der Waals surface area contributed by atoms with Gasteiger partial charge in [0.05, 0.1) is 4.90 Å². The van der Waals surface area contributed by atoms with Crippen LogP contribution in [0.25, 0.3) is 5.57 Å². The fourth-order valence-corrected chi connectivity index (χ4v) is 12.7. The maximum absolute atomic E-state index is 12.8. The highest BCUT2D eigenvalue weighted by atomic mass is 79.9. The van der Waals surface area contributed by atoms with Crippen LogP contribution in [-0.2, 0) is 22.7 Å². The number of halogens is 1. The number of aliphatic imine (C=N–C) groups is 1. The van der Waals surface area contributed by atoms with Crippen LogP contribution < -0.4 is 0 Å². The Balaban J connectivity index is 0.000000145. The van der Waals surface area contributed by atoms with E-state index in [0.29, 0.717) is 4.90 Å². The first-order valence-electron chi connectivity index (χ1n) is 25.3. The minimum Gasteiger partial charge on any atom is -0.336 e. The van der Waals surface area contributed by atoms with Gasteiger partial charge in [0.25, 0.3) is 11.8 Å². The normalized spacial score (nSPS) is 15.4. The summed E-state index contributed by atoms with van der Waals surface area (Å²) in [7, 11) is 0.753. The van der Waals surface area contributed by atoms with Crippen molar-refractivity contribution in [2.45, 2.75) is 51.2 Å². The molecule has 0 bridgehead atoms. The van der Waals surface area contributed by atoms with Crippen molar-refractivity contribution < 1.29 is 18.0 Å². The molecule has 75 heavy (non-hydrogen) atoms. The zero-order valence-corrected chi connectivity index (χ0v) is 47.0. The van der Waals surface area contributed by atoms with Crippen LogP contribution in [0.1, 0.15) is 72.1 Å².